The van der Waals surface area contributed by atoms with Crippen LogP contribution >= 0.6 is 11.6 Å². The second-order valence-electron chi connectivity index (χ2n) is 8.23. The van der Waals surface area contributed by atoms with Crippen LogP contribution in [0, 0.1) is 5.82 Å². The van der Waals surface area contributed by atoms with E-state index in [2.05, 4.69) is 0 Å². The molecule has 0 radical (unpaired) electrons. The van der Waals surface area contributed by atoms with Gasteiger partial charge in [0.05, 0.1) is 33.8 Å². The Labute approximate surface area is 205 Å². The average Bonchev–Trinajstić information content (AvgIpc) is 2.78. The normalized spacial score (nSPS) is 16.8. The third kappa shape index (κ3) is 5.07. The van der Waals surface area contributed by atoms with Gasteiger partial charge in [0.2, 0.25) is 0 Å². The zero-order valence-corrected chi connectivity index (χ0v) is 19.9. The van der Waals surface area contributed by atoms with Crippen LogP contribution < -0.4 is 4.31 Å². The summed E-state index contributed by atoms with van der Waals surface area (Å²) in [6.07, 6.45) is -3.95. The van der Waals surface area contributed by atoms with E-state index < -0.39 is 38.6 Å². The molecule has 0 aromatic heterocycles. The van der Waals surface area contributed by atoms with Gasteiger partial charge in [0.15, 0.2) is 0 Å². The van der Waals surface area contributed by atoms with Crippen molar-refractivity contribution in [1.29, 1.82) is 0 Å². The van der Waals surface area contributed by atoms with E-state index in [1.807, 2.05) is 0 Å². The van der Waals surface area contributed by atoms with Crippen molar-refractivity contribution in [3.63, 3.8) is 0 Å². The molecule has 0 amide bonds. The van der Waals surface area contributed by atoms with Crippen molar-refractivity contribution in [1.82, 2.24) is 0 Å². The van der Waals surface area contributed by atoms with Crippen LogP contribution in [-0.2, 0) is 22.6 Å². The highest BCUT2D eigenvalue weighted by Crippen LogP contribution is 2.36. The van der Waals surface area contributed by atoms with Crippen LogP contribution in [0.25, 0.3) is 11.6 Å². The highest BCUT2D eigenvalue weighted by atomic mass is 35.5. The van der Waals surface area contributed by atoms with Crippen LogP contribution in [0.4, 0.5) is 23.2 Å². The third-order valence-electron chi connectivity index (χ3n) is 5.70. The molecule has 0 saturated carbocycles. The predicted octanol–water partition coefficient (Wildman–Crippen LogP) is 6.17. The van der Waals surface area contributed by atoms with Gasteiger partial charge < -0.3 is 5.11 Å². The van der Waals surface area contributed by atoms with E-state index in [-0.39, 0.29) is 29.2 Å². The Morgan fingerprint density at radius 1 is 1.11 bits per heavy atom. The fourth-order valence-corrected chi connectivity index (χ4v) is 5.96. The fraction of sp³-hybridized carbons (Fsp3) is 0.200. The number of allylic oxidation sites excluding steroid dienone is 1. The molecular weight excluding hydrogens is 506 g/mol. The number of sulfonamides is 1. The van der Waals surface area contributed by atoms with Gasteiger partial charge in [-0.05, 0) is 60.0 Å². The first-order valence-electron chi connectivity index (χ1n) is 10.5. The third-order valence-corrected chi connectivity index (χ3v) is 7.79. The summed E-state index contributed by atoms with van der Waals surface area (Å²) in [7, 11) is -4.43. The fourth-order valence-electron chi connectivity index (χ4n) is 4.07. The number of rotatable bonds is 4. The zero-order chi connectivity index (χ0) is 25.5. The lowest BCUT2D eigenvalue weighted by Gasteiger charge is -2.33. The molecular formula is C25H20ClF4NO3S. The molecule has 1 atom stereocenters. The number of anilines is 1. The van der Waals surface area contributed by atoms with E-state index in [1.54, 1.807) is 37.3 Å². The van der Waals surface area contributed by atoms with Crippen LogP contribution in [0.1, 0.15) is 29.2 Å². The second kappa shape index (κ2) is 9.29. The van der Waals surface area contributed by atoms with E-state index in [0.29, 0.717) is 22.8 Å². The number of hydrogen-bond acceptors (Lipinski definition) is 3. The number of hydrogen-bond donors (Lipinski definition) is 1. The number of alkyl halides is 3. The maximum Gasteiger partial charge on any atom is 0.416 e. The van der Waals surface area contributed by atoms with Crippen molar-refractivity contribution in [3.05, 3.63) is 93.8 Å². The van der Waals surface area contributed by atoms with Crippen molar-refractivity contribution >= 4 is 39.0 Å². The molecule has 3 aromatic carbocycles. The van der Waals surface area contributed by atoms with Gasteiger partial charge in [-0.15, -0.1) is 0 Å². The molecule has 1 aliphatic rings. The summed E-state index contributed by atoms with van der Waals surface area (Å²) in [6, 6.07) is 12.6. The smallest absolute Gasteiger partial charge is 0.391 e. The van der Waals surface area contributed by atoms with Gasteiger partial charge >= 0.3 is 6.18 Å². The SMILES string of the molecule is CC(=Cc1ccc2c(c1)N(S(=O)(=O)c1cccc(C(F)(F)F)c1)CC(O)C2)c1c(F)cccc1Cl. The van der Waals surface area contributed by atoms with Gasteiger partial charge in [-0.25, -0.2) is 12.8 Å². The van der Waals surface area contributed by atoms with Crippen molar-refractivity contribution < 1.29 is 31.1 Å². The first-order chi connectivity index (χ1) is 16.4. The average molecular weight is 526 g/mol. The molecule has 0 saturated heterocycles. The number of aliphatic hydroxyl groups excluding tert-OH is 1. The highest BCUT2D eigenvalue weighted by Gasteiger charge is 2.36. The molecule has 1 aliphatic heterocycles. The number of β-amino-alcohol motifs (C(OH)–C–C–N with tert-alkyl or cyclic N) is 1. The highest BCUT2D eigenvalue weighted by molar-refractivity contribution is 7.92. The molecule has 184 valence electrons. The minimum atomic E-state index is -4.71. The van der Waals surface area contributed by atoms with E-state index in [1.165, 1.54) is 12.1 Å². The van der Waals surface area contributed by atoms with Gasteiger partial charge in [-0.1, -0.05) is 41.9 Å². The predicted molar refractivity (Wildman–Crippen MR) is 127 cm³/mol. The Balaban J connectivity index is 1.79. The number of nitrogens with zero attached hydrogens (tertiary/aromatic N) is 1. The van der Waals surface area contributed by atoms with Crippen LogP contribution in [0.3, 0.4) is 0 Å². The maximum absolute atomic E-state index is 14.3. The maximum atomic E-state index is 14.3. The summed E-state index contributed by atoms with van der Waals surface area (Å²) in [5, 5.41) is 10.5. The van der Waals surface area contributed by atoms with Crippen LogP contribution in [0.5, 0.6) is 0 Å². The molecule has 3 aromatic rings. The van der Waals surface area contributed by atoms with E-state index >= 15 is 0 Å². The summed E-state index contributed by atoms with van der Waals surface area (Å²) in [4.78, 5) is -0.539. The van der Waals surface area contributed by atoms with Crippen molar-refractivity contribution in [2.24, 2.45) is 0 Å². The molecule has 4 nitrogen and oxygen atoms in total. The molecule has 35 heavy (non-hydrogen) atoms. The van der Waals surface area contributed by atoms with Crippen molar-refractivity contribution in [3.8, 4) is 0 Å². The molecule has 1 heterocycles. The Kier molecular flexibility index (Phi) is 6.70. The zero-order valence-electron chi connectivity index (χ0n) is 18.4. The van der Waals surface area contributed by atoms with Gasteiger partial charge in [-0.3, -0.25) is 4.31 Å². The molecule has 0 spiro atoms. The minimum Gasteiger partial charge on any atom is -0.391 e. The standard InChI is InChI=1S/C25H20ClF4NO3S/c1-15(24-21(26)6-3-7-22(24)27)10-16-8-9-17-12-19(32)14-31(23(17)11-16)35(33,34)20-5-2-4-18(13-20)25(28,29)30/h2-11,13,19,32H,12,14H2,1H3. The van der Waals surface area contributed by atoms with E-state index in [4.69, 9.17) is 11.6 Å². The van der Waals surface area contributed by atoms with Crippen molar-refractivity contribution in [2.45, 2.75) is 30.5 Å². The lowest BCUT2D eigenvalue weighted by molar-refractivity contribution is -0.137. The van der Waals surface area contributed by atoms with Crippen LogP contribution in [0.2, 0.25) is 5.02 Å². The van der Waals surface area contributed by atoms with E-state index in [9.17, 15) is 31.1 Å². The summed E-state index contributed by atoms with van der Waals surface area (Å²) in [6.45, 7) is 1.33. The van der Waals surface area contributed by atoms with Crippen LogP contribution in [-0.4, -0.2) is 26.2 Å². The largest absolute Gasteiger partial charge is 0.416 e. The van der Waals surface area contributed by atoms with Gasteiger partial charge in [0.25, 0.3) is 10.0 Å². The summed E-state index contributed by atoms with van der Waals surface area (Å²) in [5.41, 5.74) is 0.880. The second-order valence-corrected chi connectivity index (χ2v) is 10.5. The lowest BCUT2D eigenvalue weighted by Crippen LogP contribution is -2.42. The summed E-state index contributed by atoms with van der Waals surface area (Å²) >= 11 is 6.14. The van der Waals surface area contributed by atoms with Gasteiger partial charge in [0.1, 0.15) is 5.82 Å². The first kappa shape index (κ1) is 25.2. The Morgan fingerprint density at radius 3 is 2.51 bits per heavy atom. The molecule has 0 fully saturated rings. The number of halogens is 5. The topological polar surface area (TPSA) is 57.6 Å². The van der Waals surface area contributed by atoms with Gasteiger partial charge in [0, 0.05) is 12.0 Å². The Bertz CT molecular complexity index is 1400. The molecule has 1 unspecified atom stereocenters. The molecule has 0 bridgehead atoms. The lowest BCUT2D eigenvalue weighted by atomic mass is 9.97. The number of benzene rings is 3. The molecule has 0 aliphatic carbocycles. The molecule has 1 N–H and O–H groups in total. The number of aliphatic hydroxyl groups is 1. The molecule has 4 rings (SSSR count). The summed E-state index contributed by atoms with van der Waals surface area (Å²) in [5.74, 6) is -0.513. The summed E-state index contributed by atoms with van der Waals surface area (Å²) < 4.78 is 81.5. The van der Waals surface area contributed by atoms with Crippen LogP contribution in [0.15, 0.2) is 65.6 Å². The van der Waals surface area contributed by atoms with Gasteiger partial charge in [-0.2, -0.15) is 13.2 Å². The monoisotopic (exact) mass is 525 g/mol. The minimum absolute atomic E-state index is 0.173. The van der Waals surface area contributed by atoms with Crippen molar-refractivity contribution in [2.75, 3.05) is 10.8 Å². The van der Waals surface area contributed by atoms with E-state index in [0.717, 1.165) is 22.5 Å². The first-order valence-corrected chi connectivity index (χ1v) is 12.3. The Hall–Kier alpha value is -2.88. The quantitative estimate of drug-likeness (QED) is 0.327. The Morgan fingerprint density at radius 2 is 1.83 bits per heavy atom. The molecule has 10 heteroatoms. The number of fused-ring (bicyclic) bond motifs is 1.